The van der Waals surface area contributed by atoms with Crippen LogP contribution in [0.2, 0.25) is 0 Å². The van der Waals surface area contributed by atoms with Crippen molar-refractivity contribution in [2.24, 2.45) is 5.73 Å². The van der Waals surface area contributed by atoms with Crippen LogP contribution in [0, 0.1) is 0 Å². The van der Waals surface area contributed by atoms with E-state index in [9.17, 15) is 32.3 Å². The average Bonchev–Trinajstić information content (AvgIpc) is 3.06. The minimum absolute atomic E-state index is 0.153. The lowest BCUT2D eigenvalue weighted by molar-refractivity contribution is -0.202. The van der Waals surface area contributed by atoms with Gasteiger partial charge in [0.25, 0.3) is 5.91 Å². The summed E-state index contributed by atoms with van der Waals surface area (Å²) in [6, 6.07) is 21.2. The maximum Gasteiger partial charge on any atom is 0.491 e. The number of alkyl halides is 3. The van der Waals surface area contributed by atoms with Crippen LogP contribution in [-0.4, -0.2) is 46.7 Å². The Kier molecular flexibility index (Phi) is 10.3. The number of nitrogens with two attached hydrogens (primary N) is 1. The zero-order valence-electron chi connectivity index (χ0n) is 23.0. The number of rotatable bonds is 10. The molecule has 43 heavy (non-hydrogen) atoms. The number of hydrogen-bond acceptors (Lipinski definition) is 7. The first-order chi connectivity index (χ1) is 20.4. The van der Waals surface area contributed by atoms with Crippen LogP contribution in [0.4, 0.5) is 18.9 Å². The number of carbonyl (C=O) groups excluding carboxylic acids is 4. The van der Waals surface area contributed by atoms with E-state index in [1.54, 1.807) is 42.5 Å². The monoisotopic (exact) mass is 613 g/mol. The summed E-state index contributed by atoms with van der Waals surface area (Å²) in [5.74, 6) is -5.22. The highest BCUT2D eigenvalue weighted by molar-refractivity contribution is 7.80. The number of carbonyl (C=O) groups is 4. The molecule has 0 fully saturated rings. The normalized spacial score (nSPS) is 15.0. The first kappa shape index (κ1) is 31.8. The molecule has 0 saturated carbocycles. The summed E-state index contributed by atoms with van der Waals surface area (Å²) >= 11 is 4.21. The molecule has 226 valence electrons. The number of benzene rings is 3. The lowest BCUT2D eigenvalue weighted by Crippen LogP contribution is -2.42. The molecular formula is C31H30F3N3O5S. The molecule has 3 aromatic carbocycles. The van der Waals surface area contributed by atoms with Gasteiger partial charge in [-0.25, -0.2) is 4.79 Å². The summed E-state index contributed by atoms with van der Waals surface area (Å²) in [4.78, 5) is 54.6. The van der Waals surface area contributed by atoms with Crippen LogP contribution in [-0.2, 0) is 32.1 Å². The van der Waals surface area contributed by atoms with Gasteiger partial charge in [-0.15, -0.1) is 0 Å². The maximum absolute atomic E-state index is 14.2. The summed E-state index contributed by atoms with van der Waals surface area (Å²) in [6.45, 7) is -0.329. The minimum atomic E-state index is -5.38. The second-order valence-electron chi connectivity index (χ2n) is 10.1. The van der Waals surface area contributed by atoms with E-state index >= 15 is 0 Å². The Hall–Kier alpha value is -4.16. The van der Waals surface area contributed by atoms with Crippen LogP contribution < -0.4 is 10.6 Å². The molecule has 4 rings (SSSR count). The predicted octanol–water partition coefficient (Wildman–Crippen LogP) is 4.98. The highest BCUT2D eigenvalue weighted by Gasteiger charge is 2.43. The number of hydrogen-bond donors (Lipinski definition) is 2. The van der Waals surface area contributed by atoms with E-state index in [1.165, 1.54) is 4.90 Å². The number of nitrogens with zero attached hydrogens (tertiary/aromatic N) is 2. The third kappa shape index (κ3) is 8.23. The molecule has 2 N–H and O–H groups in total. The van der Waals surface area contributed by atoms with Crippen LogP contribution in [0.5, 0.6) is 0 Å². The first-order valence-electron chi connectivity index (χ1n) is 13.5. The van der Waals surface area contributed by atoms with Gasteiger partial charge in [-0.1, -0.05) is 66.7 Å². The fraction of sp³-hybridized carbons (Fsp3) is 0.290. The molecule has 2 unspecified atom stereocenters. The van der Waals surface area contributed by atoms with Crippen LogP contribution in [0.1, 0.15) is 52.4 Å². The largest absolute Gasteiger partial charge is 0.491 e. The van der Waals surface area contributed by atoms with Gasteiger partial charge in [-0.2, -0.15) is 25.8 Å². The van der Waals surface area contributed by atoms with Gasteiger partial charge in [0.1, 0.15) is 6.54 Å². The van der Waals surface area contributed by atoms with E-state index in [1.807, 2.05) is 36.4 Å². The van der Waals surface area contributed by atoms with Crippen molar-refractivity contribution < 1.29 is 37.1 Å². The van der Waals surface area contributed by atoms with Crippen molar-refractivity contribution in [2.75, 3.05) is 11.4 Å². The zero-order chi connectivity index (χ0) is 31.1. The minimum Gasteiger partial charge on any atom is -0.386 e. The third-order valence-electron chi connectivity index (χ3n) is 6.96. The number of esters is 2. The van der Waals surface area contributed by atoms with Crippen molar-refractivity contribution in [3.63, 3.8) is 0 Å². The second-order valence-corrected chi connectivity index (χ2v) is 10.8. The van der Waals surface area contributed by atoms with Gasteiger partial charge >= 0.3 is 18.1 Å². The second kappa shape index (κ2) is 13.9. The van der Waals surface area contributed by atoms with E-state index in [-0.39, 0.29) is 17.5 Å². The van der Waals surface area contributed by atoms with Crippen molar-refractivity contribution in [1.29, 1.82) is 0 Å². The van der Waals surface area contributed by atoms with Crippen LogP contribution in [0.25, 0.3) is 0 Å². The van der Waals surface area contributed by atoms with Gasteiger partial charge in [0.2, 0.25) is 5.91 Å². The van der Waals surface area contributed by atoms with Gasteiger partial charge < -0.3 is 20.3 Å². The van der Waals surface area contributed by atoms with Crippen molar-refractivity contribution in [2.45, 2.75) is 49.8 Å². The van der Waals surface area contributed by atoms with Crippen molar-refractivity contribution in [3.8, 4) is 0 Å². The number of fused-ring (bicyclic) bond motifs is 1. The Labute approximate surface area is 252 Å². The zero-order valence-corrected chi connectivity index (χ0v) is 23.9. The highest BCUT2D eigenvalue weighted by atomic mass is 32.1. The molecule has 12 heteroatoms. The average molecular weight is 614 g/mol. The van der Waals surface area contributed by atoms with Gasteiger partial charge in [-0.05, 0) is 48.1 Å². The Bertz CT molecular complexity index is 1470. The van der Waals surface area contributed by atoms with Crippen LogP contribution >= 0.6 is 12.6 Å². The van der Waals surface area contributed by atoms with Gasteiger partial charge in [-0.3, -0.25) is 14.4 Å². The molecule has 2 atom stereocenters. The predicted molar refractivity (Wildman–Crippen MR) is 156 cm³/mol. The smallest absolute Gasteiger partial charge is 0.386 e. The maximum atomic E-state index is 14.2. The molecule has 0 saturated heterocycles. The quantitative estimate of drug-likeness (QED) is 0.145. The molecule has 0 bridgehead atoms. The molecule has 0 aliphatic carbocycles. The lowest BCUT2D eigenvalue weighted by atomic mass is 9.99. The first-order valence-corrected chi connectivity index (χ1v) is 14.0. The number of thiol groups is 1. The summed E-state index contributed by atoms with van der Waals surface area (Å²) in [7, 11) is 0. The van der Waals surface area contributed by atoms with E-state index in [0.29, 0.717) is 30.5 Å². The fourth-order valence-corrected chi connectivity index (χ4v) is 5.07. The highest BCUT2D eigenvalue weighted by Crippen LogP contribution is 2.34. The standard InChI is InChI=1S/C31H30F3N3O5S/c32-31(33,34)30(41)42-28(39)17-25(22-11-5-2-6-12-22)37-19-27(38)36(18-21-8-3-1-4-9-21)24-15-14-20(10-7-13-26(35)43)16-23(24)29(37)40/h1-6,8-9,11-12,14-16,25-26,43H,7,10,13,17-19,35H2. The van der Waals surface area contributed by atoms with E-state index < -0.39 is 48.9 Å². The van der Waals surface area contributed by atoms with E-state index in [4.69, 9.17) is 5.73 Å². The third-order valence-corrected chi connectivity index (χ3v) is 7.22. The molecule has 1 aliphatic rings. The topological polar surface area (TPSA) is 110 Å². The molecule has 8 nitrogen and oxygen atoms in total. The fourth-order valence-electron chi connectivity index (χ4n) is 4.89. The lowest BCUT2D eigenvalue weighted by Gasteiger charge is -2.30. The Balaban J connectivity index is 1.75. The number of anilines is 1. The van der Waals surface area contributed by atoms with E-state index in [2.05, 4.69) is 17.4 Å². The van der Waals surface area contributed by atoms with Crippen LogP contribution in [0.15, 0.2) is 78.9 Å². The molecule has 2 amide bonds. The summed E-state index contributed by atoms with van der Waals surface area (Å²) in [6.07, 6.45) is -4.27. The molecule has 1 heterocycles. The number of amides is 2. The molecular weight excluding hydrogens is 583 g/mol. The van der Waals surface area contributed by atoms with Crippen LogP contribution in [0.3, 0.4) is 0 Å². The number of ether oxygens (including phenoxy) is 1. The number of halogens is 3. The van der Waals surface area contributed by atoms with Gasteiger partial charge in [0.05, 0.1) is 30.3 Å². The SMILES string of the molecule is NC(S)CCCc1ccc2c(c1)C(=O)N(C(CC(=O)OC(=O)C(F)(F)F)c1ccccc1)CC(=O)N2Cc1ccccc1. The molecule has 1 aliphatic heterocycles. The summed E-state index contributed by atoms with van der Waals surface area (Å²) in [5, 5.41) is -0.299. The summed E-state index contributed by atoms with van der Waals surface area (Å²) in [5.41, 5.74) is 8.29. The molecule has 0 aromatic heterocycles. The van der Waals surface area contributed by atoms with E-state index in [0.717, 1.165) is 16.0 Å². The molecule has 0 spiro atoms. The van der Waals surface area contributed by atoms with Gasteiger partial charge in [0.15, 0.2) is 0 Å². The molecule has 0 radical (unpaired) electrons. The van der Waals surface area contributed by atoms with Crippen molar-refractivity contribution in [3.05, 3.63) is 101 Å². The van der Waals surface area contributed by atoms with Gasteiger partial charge in [0, 0.05) is 5.37 Å². The van der Waals surface area contributed by atoms with Crippen molar-refractivity contribution >= 4 is 42.1 Å². The Morgan fingerprint density at radius 2 is 1.60 bits per heavy atom. The molecule has 3 aromatic rings. The Morgan fingerprint density at radius 3 is 2.23 bits per heavy atom. The van der Waals surface area contributed by atoms with Crippen molar-refractivity contribution in [1.82, 2.24) is 4.90 Å². The number of aryl methyl sites for hydroxylation is 1. The summed E-state index contributed by atoms with van der Waals surface area (Å²) < 4.78 is 42.4. The Morgan fingerprint density at radius 1 is 0.953 bits per heavy atom.